The van der Waals surface area contributed by atoms with Gasteiger partial charge in [0.15, 0.2) is 5.78 Å². The Labute approximate surface area is 228 Å². The molecule has 0 spiro atoms. The van der Waals surface area contributed by atoms with E-state index in [2.05, 4.69) is 35.8 Å². The van der Waals surface area contributed by atoms with Crippen LogP contribution in [0.3, 0.4) is 0 Å². The predicted octanol–water partition coefficient (Wildman–Crippen LogP) is 1.71. The molecular formula is C26H26ClN9O3. The third kappa shape index (κ3) is 5.44. The Hall–Kier alpha value is -4.00. The zero-order chi connectivity index (χ0) is 26.8. The lowest BCUT2D eigenvalue weighted by Crippen LogP contribution is -2.45. The van der Waals surface area contributed by atoms with Crippen molar-refractivity contribution in [3.05, 3.63) is 65.0 Å². The highest BCUT2D eigenvalue weighted by Gasteiger charge is 2.41. The van der Waals surface area contributed by atoms with Gasteiger partial charge >= 0.3 is 0 Å². The number of benzene rings is 2. The molecular weight excluding hydrogens is 522 g/mol. The fourth-order valence-corrected chi connectivity index (χ4v) is 5.46. The highest BCUT2D eigenvalue weighted by Crippen LogP contribution is 2.27. The minimum Gasteiger partial charge on any atom is -0.379 e. The third-order valence-electron chi connectivity index (χ3n) is 7.25. The number of morpholine rings is 1. The first-order chi connectivity index (χ1) is 19.0. The molecule has 1 N–H and O–H groups in total. The van der Waals surface area contributed by atoms with Crippen molar-refractivity contribution in [2.45, 2.75) is 24.9 Å². The monoisotopic (exact) mass is 547 g/mol. The van der Waals surface area contributed by atoms with Crippen LogP contribution in [0.5, 0.6) is 0 Å². The summed E-state index contributed by atoms with van der Waals surface area (Å²) in [7, 11) is 0. The molecule has 2 saturated heterocycles. The maximum absolute atomic E-state index is 13.6. The standard InChI is InChI=1S/C26H26ClN9O3/c27-19-3-5-23(36-16-28-31-33-36)18(13-19)2-6-26(38)35-15-20(34-7-9-39-10-8-34)14-24(35)25(37)12-17-1-4-21-22(11-17)30-32-29-21/h1-6,11,13,16,20,24H,7-10,12,14-15H2,(H,29,30,32)/b6-2+/t20-,24-/m0/s1. The molecule has 39 heavy (non-hydrogen) atoms. The van der Waals surface area contributed by atoms with Crippen LogP contribution in [0.4, 0.5) is 0 Å². The number of nitrogens with one attached hydrogen (secondary N) is 1. The number of carbonyl (C=O) groups is 2. The van der Waals surface area contributed by atoms with Crippen LogP contribution in [0.25, 0.3) is 22.8 Å². The van der Waals surface area contributed by atoms with Gasteiger partial charge in [-0.25, -0.2) is 0 Å². The summed E-state index contributed by atoms with van der Waals surface area (Å²) in [6.45, 7) is 3.33. The molecule has 200 valence electrons. The van der Waals surface area contributed by atoms with E-state index in [1.807, 2.05) is 18.2 Å². The van der Waals surface area contributed by atoms with Crippen LogP contribution in [0.15, 0.2) is 48.8 Å². The van der Waals surface area contributed by atoms with Gasteiger partial charge in [-0.3, -0.25) is 14.5 Å². The van der Waals surface area contributed by atoms with Gasteiger partial charge < -0.3 is 9.64 Å². The molecule has 2 aromatic carbocycles. The van der Waals surface area contributed by atoms with Crippen molar-refractivity contribution < 1.29 is 14.3 Å². The summed E-state index contributed by atoms with van der Waals surface area (Å²) < 4.78 is 7.02. The van der Waals surface area contributed by atoms with Crippen molar-refractivity contribution in [3.63, 3.8) is 0 Å². The van der Waals surface area contributed by atoms with Crippen LogP contribution in [0.1, 0.15) is 17.5 Å². The summed E-state index contributed by atoms with van der Waals surface area (Å²) in [5, 5.41) is 22.6. The summed E-state index contributed by atoms with van der Waals surface area (Å²) in [4.78, 5) is 31.2. The van der Waals surface area contributed by atoms with Crippen LogP contribution in [-0.4, -0.2) is 102 Å². The van der Waals surface area contributed by atoms with Gasteiger partial charge in [0.2, 0.25) is 5.91 Å². The van der Waals surface area contributed by atoms with Gasteiger partial charge in [-0.15, -0.1) is 5.10 Å². The van der Waals surface area contributed by atoms with Crippen molar-refractivity contribution in [1.82, 2.24) is 45.4 Å². The summed E-state index contributed by atoms with van der Waals surface area (Å²) in [6, 6.07) is 10.4. The Balaban J connectivity index is 1.24. The predicted molar refractivity (Wildman–Crippen MR) is 142 cm³/mol. The molecule has 2 aliphatic rings. The number of ether oxygens (including phenoxy) is 1. The highest BCUT2D eigenvalue weighted by molar-refractivity contribution is 6.30. The van der Waals surface area contributed by atoms with Crippen LogP contribution in [-0.2, 0) is 20.7 Å². The summed E-state index contributed by atoms with van der Waals surface area (Å²) in [5.74, 6) is -0.244. The number of hydrogen-bond acceptors (Lipinski definition) is 9. The Morgan fingerprint density at radius 2 is 1.95 bits per heavy atom. The highest BCUT2D eigenvalue weighted by atomic mass is 35.5. The van der Waals surface area contributed by atoms with Crippen LogP contribution < -0.4 is 0 Å². The number of Topliss-reactive ketones (excluding diaryl/α,β-unsaturated/α-hetero) is 1. The second kappa shape index (κ2) is 11.0. The molecule has 0 unspecified atom stereocenters. The van der Waals surface area contributed by atoms with Gasteiger partial charge in [-0.05, 0) is 58.8 Å². The van der Waals surface area contributed by atoms with Crippen molar-refractivity contribution in [2.24, 2.45) is 0 Å². The topological polar surface area (TPSA) is 135 Å². The molecule has 1 amide bonds. The quantitative estimate of drug-likeness (QED) is 0.343. The van der Waals surface area contributed by atoms with E-state index < -0.39 is 6.04 Å². The first kappa shape index (κ1) is 25.3. The summed E-state index contributed by atoms with van der Waals surface area (Å²) in [5.41, 5.74) is 3.63. The van der Waals surface area contributed by atoms with E-state index in [0.717, 1.165) is 24.2 Å². The van der Waals surface area contributed by atoms with Gasteiger partial charge in [-0.1, -0.05) is 17.7 Å². The second-order valence-corrected chi connectivity index (χ2v) is 10.1. The minimum absolute atomic E-state index is 0.00695. The number of tetrazole rings is 1. The minimum atomic E-state index is -0.540. The summed E-state index contributed by atoms with van der Waals surface area (Å²) >= 11 is 6.24. The number of aromatic amines is 1. The maximum Gasteiger partial charge on any atom is 0.247 e. The Morgan fingerprint density at radius 1 is 1.10 bits per heavy atom. The van der Waals surface area contributed by atoms with Crippen molar-refractivity contribution in [1.29, 1.82) is 0 Å². The fraction of sp³-hybridized carbons (Fsp3) is 0.346. The first-order valence-electron chi connectivity index (χ1n) is 12.7. The smallest absolute Gasteiger partial charge is 0.247 e. The lowest BCUT2D eigenvalue weighted by molar-refractivity contribution is -0.133. The molecule has 2 atom stereocenters. The average molecular weight is 548 g/mol. The number of ketones is 1. The molecule has 0 radical (unpaired) electrons. The van der Waals surface area contributed by atoms with Crippen molar-refractivity contribution in [3.8, 4) is 5.69 Å². The van der Waals surface area contributed by atoms with Crippen LogP contribution in [0, 0.1) is 0 Å². The number of H-pyrrole nitrogens is 1. The number of rotatable bonds is 7. The van der Waals surface area contributed by atoms with E-state index >= 15 is 0 Å². The number of fused-ring (bicyclic) bond motifs is 1. The molecule has 2 aromatic heterocycles. The Kier molecular flexibility index (Phi) is 7.14. The number of hydrogen-bond donors (Lipinski definition) is 1. The van der Waals surface area contributed by atoms with Gasteiger partial charge in [0, 0.05) is 48.8 Å². The normalized spacial score (nSPS) is 20.3. The maximum atomic E-state index is 13.6. The van der Waals surface area contributed by atoms with E-state index in [-0.39, 0.29) is 24.2 Å². The first-order valence-corrected chi connectivity index (χ1v) is 13.1. The number of carbonyl (C=O) groups excluding carboxylic acids is 2. The fourth-order valence-electron chi connectivity index (χ4n) is 5.28. The lowest BCUT2D eigenvalue weighted by Gasteiger charge is -2.31. The van der Waals surface area contributed by atoms with E-state index in [0.29, 0.717) is 48.0 Å². The van der Waals surface area contributed by atoms with Crippen LogP contribution in [0.2, 0.25) is 5.02 Å². The average Bonchev–Trinajstić information content (AvgIpc) is 3.73. The number of halogens is 1. The molecule has 12 nitrogen and oxygen atoms in total. The largest absolute Gasteiger partial charge is 0.379 e. The van der Waals surface area contributed by atoms with Crippen molar-refractivity contribution >= 4 is 40.4 Å². The molecule has 6 rings (SSSR count). The van der Waals surface area contributed by atoms with E-state index in [1.54, 1.807) is 29.2 Å². The molecule has 4 heterocycles. The molecule has 2 aliphatic heterocycles. The number of nitrogens with zero attached hydrogens (tertiary/aromatic N) is 8. The molecule has 0 bridgehead atoms. The number of aromatic nitrogens is 7. The van der Waals surface area contributed by atoms with Crippen LogP contribution >= 0.6 is 11.6 Å². The number of likely N-dealkylation sites (tertiary alicyclic amines) is 1. The SMILES string of the molecule is O=C(Cc1ccc2n[nH]nc2c1)[C@@H]1C[C@H](N2CCOCC2)CN1C(=O)/C=C/c1cc(Cl)ccc1-n1cnnn1. The van der Waals surface area contributed by atoms with Gasteiger partial charge in [0.05, 0.1) is 24.9 Å². The molecule has 0 aliphatic carbocycles. The van der Waals surface area contributed by atoms with Crippen molar-refractivity contribution in [2.75, 3.05) is 32.8 Å². The molecule has 0 saturated carbocycles. The molecule has 13 heteroatoms. The number of amides is 1. The zero-order valence-corrected chi connectivity index (χ0v) is 21.7. The molecule has 4 aromatic rings. The van der Waals surface area contributed by atoms with E-state index in [4.69, 9.17) is 16.3 Å². The molecule has 2 fully saturated rings. The zero-order valence-electron chi connectivity index (χ0n) is 21.0. The van der Waals surface area contributed by atoms with Gasteiger partial charge in [0.25, 0.3) is 0 Å². The summed E-state index contributed by atoms with van der Waals surface area (Å²) in [6.07, 6.45) is 5.43. The van der Waals surface area contributed by atoms with Gasteiger partial charge in [-0.2, -0.15) is 20.1 Å². The Morgan fingerprint density at radius 3 is 2.77 bits per heavy atom. The third-order valence-corrected chi connectivity index (χ3v) is 7.48. The lowest BCUT2D eigenvalue weighted by atomic mass is 10.00. The Bertz CT molecular complexity index is 1510. The van der Waals surface area contributed by atoms with E-state index in [1.165, 1.54) is 17.1 Å². The van der Waals surface area contributed by atoms with E-state index in [9.17, 15) is 9.59 Å². The second-order valence-electron chi connectivity index (χ2n) is 9.62. The van der Waals surface area contributed by atoms with Gasteiger partial charge in [0.1, 0.15) is 17.4 Å².